The maximum atomic E-state index is 6.13. The fourth-order valence-corrected chi connectivity index (χ4v) is 2.55. The minimum atomic E-state index is 0. The summed E-state index contributed by atoms with van der Waals surface area (Å²) in [4.78, 5) is 10.7. The molecule has 0 spiro atoms. The first-order valence-corrected chi connectivity index (χ1v) is 6.45. The second-order valence-corrected chi connectivity index (χ2v) is 4.89. The minimum Gasteiger partial charge on any atom is -0.294 e. The Balaban J connectivity index is 0.00000133. The molecule has 1 aliphatic rings. The van der Waals surface area contributed by atoms with Crippen molar-refractivity contribution in [3.05, 3.63) is 58.6 Å². The van der Waals surface area contributed by atoms with Crippen molar-refractivity contribution in [3.63, 3.8) is 0 Å². The molecule has 0 amide bonds. The Morgan fingerprint density at radius 1 is 1.16 bits per heavy atom. The molecule has 0 N–H and O–H groups in total. The van der Waals surface area contributed by atoms with Crippen LogP contribution in [0.15, 0.2) is 36.7 Å². The second-order valence-electron chi connectivity index (χ2n) is 4.54. The molecule has 0 aliphatic carbocycles. The Kier molecular flexibility index (Phi) is 4.75. The monoisotopic (exact) mass is 295 g/mol. The third kappa shape index (κ3) is 3.24. The van der Waals surface area contributed by atoms with Gasteiger partial charge in [0.25, 0.3) is 0 Å². The normalized spacial score (nSPS) is 14.6. The van der Waals surface area contributed by atoms with E-state index in [4.69, 9.17) is 11.6 Å². The maximum Gasteiger partial charge on any atom is 0.137 e. The lowest BCUT2D eigenvalue weighted by molar-refractivity contribution is 0.243. The lowest BCUT2D eigenvalue weighted by Gasteiger charge is -2.28. The summed E-state index contributed by atoms with van der Waals surface area (Å²) in [6, 6.07) is 10.5. The second kappa shape index (κ2) is 6.33. The number of hydrogen-bond acceptors (Lipinski definition) is 3. The zero-order valence-electron chi connectivity index (χ0n) is 10.4. The summed E-state index contributed by atoms with van der Waals surface area (Å²) in [7, 11) is 0. The number of benzene rings is 1. The SMILES string of the molecule is Cl.Clc1ncnc2c1CN(Cc1ccccc1)CC2. The van der Waals surface area contributed by atoms with Gasteiger partial charge in [0, 0.05) is 31.6 Å². The quantitative estimate of drug-likeness (QED) is 0.797. The third-order valence-electron chi connectivity index (χ3n) is 3.28. The fourth-order valence-electron chi connectivity index (χ4n) is 2.34. The van der Waals surface area contributed by atoms with E-state index in [0.717, 1.165) is 37.3 Å². The Bertz CT molecular complexity index is 546. The molecule has 0 bridgehead atoms. The van der Waals surface area contributed by atoms with E-state index in [1.54, 1.807) is 6.33 Å². The number of nitrogens with zero attached hydrogens (tertiary/aromatic N) is 3. The zero-order chi connectivity index (χ0) is 12.4. The van der Waals surface area contributed by atoms with E-state index in [0.29, 0.717) is 5.15 Å². The van der Waals surface area contributed by atoms with Gasteiger partial charge in [-0.3, -0.25) is 4.90 Å². The molecule has 0 fully saturated rings. The number of hydrogen-bond donors (Lipinski definition) is 0. The molecule has 1 aromatic carbocycles. The standard InChI is InChI=1S/C14H14ClN3.ClH/c15-14-12-9-18(7-6-13(12)16-10-17-14)8-11-4-2-1-3-5-11;/h1-5,10H,6-9H2;1H. The average Bonchev–Trinajstić information content (AvgIpc) is 2.41. The third-order valence-corrected chi connectivity index (χ3v) is 3.60. The Morgan fingerprint density at radius 2 is 1.95 bits per heavy atom. The molecular weight excluding hydrogens is 281 g/mol. The molecule has 1 aromatic heterocycles. The molecule has 0 saturated carbocycles. The molecule has 0 atom stereocenters. The molecule has 100 valence electrons. The van der Waals surface area contributed by atoms with E-state index in [1.807, 2.05) is 6.07 Å². The van der Waals surface area contributed by atoms with Crippen molar-refractivity contribution < 1.29 is 0 Å². The molecule has 0 saturated heterocycles. The van der Waals surface area contributed by atoms with Crippen LogP contribution >= 0.6 is 24.0 Å². The smallest absolute Gasteiger partial charge is 0.137 e. The summed E-state index contributed by atoms with van der Waals surface area (Å²) in [5.41, 5.74) is 3.51. The molecule has 3 rings (SSSR count). The first-order valence-electron chi connectivity index (χ1n) is 6.07. The highest BCUT2D eigenvalue weighted by Gasteiger charge is 2.20. The molecule has 19 heavy (non-hydrogen) atoms. The van der Waals surface area contributed by atoms with Gasteiger partial charge in [0.1, 0.15) is 11.5 Å². The van der Waals surface area contributed by atoms with Crippen LogP contribution in [-0.2, 0) is 19.5 Å². The first-order chi connectivity index (χ1) is 8.83. The van der Waals surface area contributed by atoms with Gasteiger partial charge < -0.3 is 0 Å². The predicted molar refractivity (Wildman–Crippen MR) is 78.6 cm³/mol. The van der Waals surface area contributed by atoms with E-state index >= 15 is 0 Å². The summed E-state index contributed by atoms with van der Waals surface area (Å²) in [5, 5.41) is 0.595. The summed E-state index contributed by atoms with van der Waals surface area (Å²) >= 11 is 6.13. The number of fused-ring (bicyclic) bond motifs is 1. The fraction of sp³-hybridized carbons (Fsp3) is 0.286. The van der Waals surface area contributed by atoms with Crippen LogP contribution in [-0.4, -0.2) is 21.4 Å². The first kappa shape index (κ1) is 14.3. The Labute approximate surface area is 124 Å². The van der Waals surface area contributed by atoms with Crippen LogP contribution < -0.4 is 0 Å². The topological polar surface area (TPSA) is 29.0 Å². The average molecular weight is 296 g/mol. The predicted octanol–water partition coefficient (Wildman–Crippen LogP) is 3.11. The lowest BCUT2D eigenvalue weighted by Crippen LogP contribution is -2.31. The number of halogens is 2. The highest BCUT2D eigenvalue weighted by atomic mass is 35.5. The van der Waals surface area contributed by atoms with Crippen molar-refractivity contribution in [2.75, 3.05) is 6.54 Å². The van der Waals surface area contributed by atoms with Crippen molar-refractivity contribution in [2.24, 2.45) is 0 Å². The summed E-state index contributed by atoms with van der Waals surface area (Å²) < 4.78 is 0. The van der Waals surface area contributed by atoms with Crippen LogP contribution in [0.1, 0.15) is 16.8 Å². The van der Waals surface area contributed by atoms with Crippen molar-refractivity contribution in [1.29, 1.82) is 0 Å². The molecule has 2 heterocycles. The molecule has 2 aromatic rings. The summed E-state index contributed by atoms with van der Waals surface area (Å²) in [6.45, 7) is 2.81. The van der Waals surface area contributed by atoms with Gasteiger partial charge in [0.15, 0.2) is 0 Å². The minimum absolute atomic E-state index is 0. The maximum absolute atomic E-state index is 6.13. The van der Waals surface area contributed by atoms with Crippen LogP contribution in [0.4, 0.5) is 0 Å². The van der Waals surface area contributed by atoms with E-state index in [-0.39, 0.29) is 12.4 Å². The van der Waals surface area contributed by atoms with Gasteiger partial charge in [0.2, 0.25) is 0 Å². The molecule has 0 unspecified atom stereocenters. The Morgan fingerprint density at radius 3 is 2.74 bits per heavy atom. The van der Waals surface area contributed by atoms with Gasteiger partial charge in [-0.1, -0.05) is 41.9 Å². The zero-order valence-corrected chi connectivity index (χ0v) is 12.0. The van der Waals surface area contributed by atoms with E-state index in [1.165, 1.54) is 5.56 Å². The summed E-state index contributed by atoms with van der Waals surface area (Å²) in [5.74, 6) is 0. The highest BCUT2D eigenvalue weighted by molar-refractivity contribution is 6.30. The van der Waals surface area contributed by atoms with Crippen molar-refractivity contribution >= 4 is 24.0 Å². The van der Waals surface area contributed by atoms with Crippen molar-refractivity contribution in [2.45, 2.75) is 19.5 Å². The Hall–Kier alpha value is -1.16. The van der Waals surface area contributed by atoms with Gasteiger partial charge in [-0.25, -0.2) is 9.97 Å². The van der Waals surface area contributed by atoms with Crippen LogP contribution in [0, 0.1) is 0 Å². The molecular formula is C14H15Cl2N3. The number of rotatable bonds is 2. The van der Waals surface area contributed by atoms with Gasteiger partial charge >= 0.3 is 0 Å². The van der Waals surface area contributed by atoms with Gasteiger partial charge in [-0.05, 0) is 5.56 Å². The van der Waals surface area contributed by atoms with E-state index < -0.39 is 0 Å². The molecule has 1 aliphatic heterocycles. The van der Waals surface area contributed by atoms with Gasteiger partial charge in [0.05, 0.1) is 5.69 Å². The van der Waals surface area contributed by atoms with Crippen LogP contribution in [0.5, 0.6) is 0 Å². The van der Waals surface area contributed by atoms with E-state index in [9.17, 15) is 0 Å². The largest absolute Gasteiger partial charge is 0.294 e. The lowest BCUT2D eigenvalue weighted by atomic mass is 10.1. The summed E-state index contributed by atoms with van der Waals surface area (Å²) in [6.07, 6.45) is 2.50. The van der Waals surface area contributed by atoms with Crippen LogP contribution in [0.25, 0.3) is 0 Å². The van der Waals surface area contributed by atoms with Crippen molar-refractivity contribution in [3.8, 4) is 0 Å². The van der Waals surface area contributed by atoms with Gasteiger partial charge in [-0.15, -0.1) is 12.4 Å². The van der Waals surface area contributed by atoms with Crippen LogP contribution in [0.3, 0.4) is 0 Å². The highest BCUT2D eigenvalue weighted by Crippen LogP contribution is 2.23. The van der Waals surface area contributed by atoms with Crippen LogP contribution in [0.2, 0.25) is 5.15 Å². The molecule has 0 radical (unpaired) electrons. The van der Waals surface area contributed by atoms with Crippen molar-refractivity contribution in [1.82, 2.24) is 14.9 Å². The number of aromatic nitrogens is 2. The van der Waals surface area contributed by atoms with Gasteiger partial charge in [-0.2, -0.15) is 0 Å². The van der Waals surface area contributed by atoms with E-state index in [2.05, 4.69) is 39.1 Å². The molecule has 5 heteroatoms. The molecule has 3 nitrogen and oxygen atoms in total.